The fourth-order valence-electron chi connectivity index (χ4n) is 2.40. The van der Waals surface area contributed by atoms with Gasteiger partial charge in [0, 0.05) is 25.3 Å². The van der Waals surface area contributed by atoms with E-state index in [2.05, 4.69) is 24.8 Å². The molecule has 1 aromatic rings. The van der Waals surface area contributed by atoms with Gasteiger partial charge in [0.15, 0.2) is 0 Å². The van der Waals surface area contributed by atoms with Crippen LogP contribution in [0.25, 0.3) is 0 Å². The third kappa shape index (κ3) is 3.87. The molecule has 0 unspecified atom stereocenters. The molecule has 0 atom stereocenters. The van der Waals surface area contributed by atoms with E-state index in [1.807, 2.05) is 13.0 Å². The first kappa shape index (κ1) is 15.1. The van der Waals surface area contributed by atoms with Crippen LogP contribution in [0, 0.1) is 6.92 Å². The van der Waals surface area contributed by atoms with Gasteiger partial charge in [-0.25, -0.2) is 0 Å². The number of nitrogens with two attached hydrogens (primary N) is 1. The SMILES string of the molecule is Cc1cc(OCCN2CCOCC2)c(C(C)C)cc1N. The summed E-state index contributed by atoms with van der Waals surface area (Å²) in [6, 6.07) is 4.11. The molecule has 20 heavy (non-hydrogen) atoms. The number of hydrogen-bond acceptors (Lipinski definition) is 4. The van der Waals surface area contributed by atoms with Gasteiger partial charge in [-0.2, -0.15) is 0 Å². The van der Waals surface area contributed by atoms with Crippen LogP contribution in [0.4, 0.5) is 5.69 Å². The summed E-state index contributed by atoms with van der Waals surface area (Å²) in [5.41, 5.74) is 9.11. The van der Waals surface area contributed by atoms with Crippen molar-refractivity contribution in [3.8, 4) is 5.75 Å². The molecule has 0 spiro atoms. The van der Waals surface area contributed by atoms with Gasteiger partial charge < -0.3 is 15.2 Å². The Morgan fingerprint density at radius 3 is 2.65 bits per heavy atom. The van der Waals surface area contributed by atoms with Gasteiger partial charge in [-0.1, -0.05) is 13.8 Å². The fourth-order valence-corrected chi connectivity index (χ4v) is 2.40. The maximum Gasteiger partial charge on any atom is 0.123 e. The molecule has 4 nitrogen and oxygen atoms in total. The predicted molar refractivity (Wildman–Crippen MR) is 82.4 cm³/mol. The number of ether oxygens (including phenoxy) is 2. The van der Waals surface area contributed by atoms with E-state index in [-0.39, 0.29) is 0 Å². The van der Waals surface area contributed by atoms with Crippen LogP contribution in [0.15, 0.2) is 12.1 Å². The maximum atomic E-state index is 6.00. The minimum absolute atomic E-state index is 0.413. The van der Waals surface area contributed by atoms with Gasteiger partial charge >= 0.3 is 0 Å². The average molecular weight is 278 g/mol. The third-order valence-electron chi connectivity index (χ3n) is 3.79. The van der Waals surface area contributed by atoms with Crippen molar-refractivity contribution in [1.82, 2.24) is 4.90 Å². The second-order valence-corrected chi connectivity index (χ2v) is 5.70. The minimum Gasteiger partial charge on any atom is -0.492 e. The zero-order valence-corrected chi connectivity index (χ0v) is 12.8. The Kier molecular flexibility index (Phi) is 5.26. The second-order valence-electron chi connectivity index (χ2n) is 5.70. The quantitative estimate of drug-likeness (QED) is 0.840. The van der Waals surface area contributed by atoms with Crippen LogP contribution >= 0.6 is 0 Å². The molecule has 1 aliphatic rings. The molecule has 1 aromatic carbocycles. The number of anilines is 1. The largest absolute Gasteiger partial charge is 0.492 e. The van der Waals surface area contributed by atoms with E-state index in [1.165, 1.54) is 5.56 Å². The van der Waals surface area contributed by atoms with Crippen LogP contribution in [-0.4, -0.2) is 44.4 Å². The summed E-state index contributed by atoms with van der Waals surface area (Å²) in [6.45, 7) is 11.7. The maximum absolute atomic E-state index is 6.00. The van der Waals surface area contributed by atoms with Crippen molar-refractivity contribution in [3.05, 3.63) is 23.3 Å². The van der Waals surface area contributed by atoms with Crippen molar-refractivity contribution in [2.45, 2.75) is 26.7 Å². The molecule has 1 aliphatic heterocycles. The molecule has 2 N–H and O–H groups in total. The minimum atomic E-state index is 0.413. The van der Waals surface area contributed by atoms with Crippen LogP contribution in [0.2, 0.25) is 0 Å². The molecule has 0 bridgehead atoms. The lowest BCUT2D eigenvalue weighted by molar-refractivity contribution is 0.0322. The van der Waals surface area contributed by atoms with Gasteiger partial charge in [0.1, 0.15) is 12.4 Å². The summed E-state index contributed by atoms with van der Waals surface area (Å²) in [6.07, 6.45) is 0. The molecule has 1 heterocycles. The Bertz CT molecular complexity index is 440. The van der Waals surface area contributed by atoms with Crippen molar-refractivity contribution in [2.75, 3.05) is 45.2 Å². The van der Waals surface area contributed by atoms with Crippen LogP contribution in [0.5, 0.6) is 5.75 Å². The summed E-state index contributed by atoms with van der Waals surface area (Å²) in [7, 11) is 0. The summed E-state index contributed by atoms with van der Waals surface area (Å²) in [5.74, 6) is 1.39. The molecule has 0 amide bonds. The van der Waals surface area contributed by atoms with Crippen molar-refractivity contribution in [3.63, 3.8) is 0 Å². The van der Waals surface area contributed by atoms with Crippen molar-refractivity contribution < 1.29 is 9.47 Å². The number of hydrogen-bond donors (Lipinski definition) is 1. The molecule has 0 aromatic heterocycles. The standard InChI is InChI=1S/C16H26N2O2/c1-12(2)14-11-15(17)13(3)10-16(14)20-9-6-18-4-7-19-8-5-18/h10-12H,4-9,17H2,1-3H3. The van der Waals surface area contributed by atoms with E-state index in [4.69, 9.17) is 15.2 Å². The second kappa shape index (κ2) is 6.95. The van der Waals surface area contributed by atoms with Gasteiger partial charge in [0.05, 0.1) is 13.2 Å². The first-order valence-corrected chi connectivity index (χ1v) is 7.41. The number of nitrogens with zero attached hydrogens (tertiary/aromatic N) is 1. The normalized spacial score (nSPS) is 16.6. The number of morpholine rings is 1. The average Bonchev–Trinajstić information content (AvgIpc) is 2.43. The predicted octanol–water partition coefficient (Wildman–Crippen LogP) is 2.41. The van der Waals surface area contributed by atoms with E-state index in [9.17, 15) is 0 Å². The zero-order valence-electron chi connectivity index (χ0n) is 12.8. The Morgan fingerprint density at radius 1 is 1.30 bits per heavy atom. The Morgan fingerprint density at radius 2 is 2.00 bits per heavy atom. The number of rotatable bonds is 5. The highest BCUT2D eigenvalue weighted by atomic mass is 16.5. The first-order valence-electron chi connectivity index (χ1n) is 7.41. The third-order valence-corrected chi connectivity index (χ3v) is 3.79. The Balaban J connectivity index is 1.95. The molecule has 1 saturated heterocycles. The number of benzene rings is 1. The summed E-state index contributed by atoms with van der Waals surface area (Å²) in [4.78, 5) is 2.38. The van der Waals surface area contributed by atoms with Crippen LogP contribution < -0.4 is 10.5 Å². The lowest BCUT2D eigenvalue weighted by Crippen LogP contribution is -2.38. The molecule has 0 radical (unpaired) electrons. The molecule has 2 rings (SSSR count). The van der Waals surface area contributed by atoms with Crippen molar-refractivity contribution in [2.24, 2.45) is 0 Å². The van der Waals surface area contributed by atoms with E-state index in [1.54, 1.807) is 0 Å². The highest BCUT2D eigenvalue weighted by Gasteiger charge is 2.13. The lowest BCUT2D eigenvalue weighted by atomic mass is 9.99. The first-order chi connectivity index (χ1) is 9.58. The van der Waals surface area contributed by atoms with E-state index < -0.39 is 0 Å². The van der Waals surface area contributed by atoms with E-state index >= 15 is 0 Å². The molecular weight excluding hydrogens is 252 g/mol. The Hall–Kier alpha value is -1.26. The highest BCUT2D eigenvalue weighted by Crippen LogP contribution is 2.30. The van der Waals surface area contributed by atoms with Gasteiger partial charge in [0.25, 0.3) is 0 Å². The summed E-state index contributed by atoms with van der Waals surface area (Å²) >= 11 is 0. The topological polar surface area (TPSA) is 47.7 Å². The van der Waals surface area contributed by atoms with E-state index in [0.29, 0.717) is 12.5 Å². The molecule has 1 fully saturated rings. The fraction of sp³-hybridized carbons (Fsp3) is 0.625. The molecule has 112 valence electrons. The van der Waals surface area contributed by atoms with Gasteiger partial charge in [0.2, 0.25) is 0 Å². The van der Waals surface area contributed by atoms with Gasteiger partial charge in [-0.05, 0) is 36.1 Å². The zero-order chi connectivity index (χ0) is 14.5. The molecule has 4 heteroatoms. The Labute approximate surface area is 121 Å². The number of nitrogen functional groups attached to an aromatic ring is 1. The van der Waals surface area contributed by atoms with Crippen LogP contribution in [-0.2, 0) is 4.74 Å². The van der Waals surface area contributed by atoms with Gasteiger partial charge in [-0.15, -0.1) is 0 Å². The monoisotopic (exact) mass is 278 g/mol. The highest BCUT2D eigenvalue weighted by molar-refractivity contribution is 5.55. The number of aryl methyl sites for hydroxylation is 1. The van der Waals surface area contributed by atoms with Crippen molar-refractivity contribution >= 4 is 5.69 Å². The molecule has 0 saturated carbocycles. The van der Waals surface area contributed by atoms with Crippen molar-refractivity contribution in [1.29, 1.82) is 0 Å². The summed E-state index contributed by atoms with van der Waals surface area (Å²) in [5, 5.41) is 0. The lowest BCUT2D eigenvalue weighted by Gasteiger charge is -2.26. The van der Waals surface area contributed by atoms with Crippen LogP contribution in [0.3, 0.4) is 0 Å². The summed E-state index contributed by atoms with van der Waals surface area (Å²) < 4.78 is 11.3. The molecular formula is C16H26N2O2. The molecule has 0 aliphatic carbocycles. The van der Waals surface area contributed by atoms with Crippen LogP contribution in [0.1, 0.15) is 30.9 Å². The van der Waals surface area contributed by atoms with Gasteiger partial charge in [-0.3, -0.25) is 4.90 Å². The van der Waals surface area contributed by atoms with E-state index in [0.717, 1.165) is 49.8 Å². The smallest absolute Gasteiger partial charge is 0.123 e.